The minimum absolute atomic E-state index is 0.773. The van der Waals surface area contributed by atoms with Gasteiger partial charge in [-0.1, -0.05) is 29.8 Å². The zero-order valence-corrected chi connectivity index (χ0v) is 14.7. The quantitative estimate of drug-likeness (QED) is 0.917. The van der Waals surface area contributed by atoms with Crippen molar-refractivity contribution in [2.45, 2.75) is 33.2 Å². The summed E-state index contributed by atoms with van der Waals surface area (Å²) >= 11 is 0. The highest BCUT2D eigenvalue weighted by Gasteiger charge is 2.25. The van der Waals surface area contributed by atoms with Crippen molar-refractivity contribution in [3.05, 3.63) is 58.1 Å². The van der Waals surface area contributed by atoms with Crippen LogP contribution in [0.2, 0.25) is 0 Å². The van der Waals surface area contributed by atoms with Crippen molar-refractivity contribution in [1.82, 2.24) is 5.32 Å². The molecule has 0 fully saturated rings. The summed E-state index contributed by atoms with van der Waals surface area (Å²) in [6.07, 6.45) is 2.22. The molecular formula is C21H26N2O. The van der Waals surface area contributed by atoms with Gasteiger partial charge < -0.3 is 15.0 Å². The lowest BCUT2D eigenvalue weighted by Gasteiger charge is -2.34. The van der Waals surface area contributed by atoms with E-state index in [4.69, 9.17) is 4.74 Å². The van der Waals surface area contributed by atoms with Crippen molar-refractivity contribution >= 4 is 5.69 Å². The molecule has 0 saturated carbocycles. The second-order valence-corrected chi connectivity index (χ2v) is 7.00. The number of ether oxygens (including phenoxy) is 1. The molecule has 3 heteroatoms. The van der Waals surface area contributed by atoms with E-state index in [-0.39, 0.29) is 0 Å². The van der Waals surface area contributed by atoms with Gasteiger partial charge in [0.2, 0.25) is 0 Å². The summed E-state index contributed by atoms with van der Waals surface area (Å²) in [5, 5.41) is 3.51. The number of nitrogens with zero attached hydrogens (tertiary/aromatic N) is 1. The molecule has 0 aliphatic carbocycles. The first-order valence-electron chi connectivity index (χ1n) is 9.02. The lowest BCUT2D eigenvalue weighted by atomic mass is 9.94. The Bertz CT molecular complexity index is 754. The highest BCUT2D eigenvalue weighted by Crippen LogP contribution is 2.40. The van der Waals surface area contributed by atoms with Crippen molar-refractivity contribution in [2.75, 3.05) is 31.1 Å². The monoisotopic (exact) mass is 322 g/mol. The fourth-order valence-corrected chi connectivity index (χ4v) is 4.08. The van der Waals surface area contributed by atoms with Gasteiger partial charge in [0, 0.05) is 6.54 Å². The third-order valence-electron chi connectivity index (χ3n) is 5.25. The third kappa shape index (κ3) is 2.89. The summed E-state index contributed by atoms with van der Waals surface area (Å²) in [7, 11) is 0. The van der Waals surface area contributed by atoms with Gasteiger partial charge in [-0.25, -0.2) is 0 Å². The summed E-state index contributed by atoms with van der Waals surface area (Å²) in [6, 6.07) is 11.1. The van der Waals surface area contributed by atoms with Crippen molar-refractivity contribution in [3.63, 3.8) is 0 Å². The summed E-state index contributed by atoms with van der Waals surface area (Å²) in [6.45, 7) is 9.27. The first kappa shape index (κ1) is 15.5. The van der Waals surface area contributed by atoms with E-state index >= 15 is 0 Å². The van der Waals surface area contributed by atoms with Crippen LogP contribution in [-0.2, 0) is 19.4 Å². The number of aryl methyl sites for hydroxylation is 1. The lowest BCUT2D eigenvalue weighted by Crippen LogP contribution is -2.33. The predicted molar refractivity (Wildman–Crippen MR) is 99.2 cm³/mol. The summed E-state index contributed by atoms with van der Waals surface area (Å²) in [5.74, 6) is 1.08. The standard InChI is InChI=1S/C21H26N2O/c1-15-4-3-5-17(12-15)14-23-10-11-24-20-13-18-6-8-22-9-7-19(18)16(2)21(20)23/h3-5,12-13,22H,6-11,14H2,1-2H3. The molecule has 3 nitrogen and oxygen atoms in total. The van der Waals surface area contributed by atoms with Crippen LogP contribution in [0.4, 0.5) is 5.69 Å². The van der Waals surface area contributed by atoms with Gasteiger partial charge in [-0.2, -0.15) is 0 Å². The molecule has 1 N–H and O–H groups in total. The van der Waals surface area contributed by atoms with E-state index in [1.165, 1.54) is 33.5 Å². The Kier molecular flexibility index (Phi) is 4.19. The fourth-order valence-electron chi connectivity index (χ4n) is 4.08. The largest absolute Gasteiger partial charge is 0.490 e. The van der Waals surface area contributed by atoms with Crippen molar-refractivity contribution in [2.24, 2.45) is 0 Å². The smallest absolute Gasteiger partial charge is 0.143 e. The minimum atomic E-state index is 0.773. The molecular weight excluding hydrogens is 296 g/mol. The number of rotatable bonds is 2. The van der Waals surface area contributed by atoms with E-state index in [9.17, 15) is 0 Å². The molecule has 0 saturated heterocycles. The van der Waals surface area contributed by atoms with E-state index in [2.05, 4.69) is 54.4 Å². The Hall–Kier alpha value is -2.00. The number of anilines is 1. The van der Waals surface area contributed by atoms with Crippen molar-refractivity contribution in [3.8, 4) is 5.75 Å². The Labute approximate surface area is 144 Å². The van der Waals surface area contributed by atoms with Gasteiger partial charge in [0.15, 0.2) is 0 Å². The van der Waals surface area contributed by atoms with Crippen LogP contribution in [0, 0.1) is 13.8 Å². The average molecular weight is 322 g/mol. The SMILES string of the molecule is Cc1cccc(CN2CCOc3cc4c(c(C)c32)CCNCC4)c1. The Morgan fingerprint density at radius 3 is 2.88 bits per heavy atom. The highest BCUT2D eigenvalue weighted by molar-refractivity contribution is 5.69. The summed E-state index contributed by atoms with van der Waals surface area (Å²) < 4.78 is 6.04. The van der Waals surface area contributed by atoms with Gasteiger partial charge in [0.25, 0.3) is 0 Å². The molecule has 0 unspecified atom stereocenters. The number of fused-ring (bicyclic) bond motifs is 2. The Balaban J connectivity index is 1.72. The second kappa shape index (κ2) is 6.48. The topological polar surface area (TPSA) is 24.5 Å². The number of benzene rings is 2. The van der Waals surface area contributed by atoms with E-state index < -0.39 is 0 Å². The maximum atomic E-state index is 6.04. The normalized spacial score (nSPS) is 16.8. The molecule has 0 aromatic heterocycles. The first-order chi connectivity index (χ1) is 11.7. The van der Waals surface area contributed by atoms with Crippen LogP contribution in [0.25, 0.3) is 0 Å². The third-order valence-corrected chi connectivity index (χ3v) is 5.25. The summed E-state index contributed by atoms with van der Waals surface area (Å²) in [5.41, 5.74) is 8.42. The van der Waals surface area contributed by atoms with E-state index in [1.807, 2.05) is 0 Å². The average Bonchev–Trinajstić information content (AvgIpc) is 2.81. The molecule has 0 spiro atoms. The molecule has 0 amide bonds. The van der Waals surface area contributed by atoms with Crippen LogP contribution in [-0.4, -0.2) is 26.2 Å². The molecule has 0 radical (unpaired) electrons. The van der Waals surface area contributed by atoms with Gasteiger partial charge >= 0.3 is 0 Å². The Morgan fingerprint density at radius 2 is 2.00 bits per heavy atom. The molecule has 2 heterocycles. The van der Waals surface area contributed by atoms with Gasteiger partial charge in [-0.15, -0.1) is 0 Å². The van der Waals surface area contributed by atoms with Crippen LogP contribution < -0.4 is 15.0 Å². The van der Waals surface area contributed by atoms with Gasteiger partial charge in [-0.3, -0.25) is 0 Å². The molecule has 2 aromatic rings. The van der Waals surface area contributed by atoms with Crippen LogP contribution in [0.1, 0.15) is 27.8 Å². The highest BCUT2D eigenvalue weighted by atomic mass is 16.5. The van der Waals surface area contributed by atoms with Gasteiger partial charge in [0.1, 0.15) is 12.4 Å². The van der Waals surface area contributed by atoms with Crippen LogP contribution >= 0.6 is 0 Å². The number of hydrogen-bond donors (Lipinski definition) is 1. The first-order valence-corrected chi connectivity index (χ1v) is 9.02. The van der Waals surface area contributed by atoms with Crippen LogP contribution in [0.3, 0.4) is 0 Å². The van der Waals surface area contributed by atoms with Crippen molar-refractivity contribution in [1.29, 1.82) is 0 Å². The Morgan fingerprint density at radius 1 is 1.12 bits per heavy atom. The maximum absolute atomic E-state index is 6.04. The molecule has 2 aliphatic rings. The van der Waals surface area contributed by atoms with E-state index in [0.29, 0.717) is 0 Å². The summed E-state index contributed by atoms with van der Waals surface area (Å²) in [4.78, 5) is 2.50. The molecule has 0 atom stereocenters. The molecule has 4 rings (SSSR count). The van der Waals surface area contributed by atoms with Gasteiger partial charge in [0.05, 0.1) is 12.2 Å². The predicted octanol–water partition coefficient (Wildman–Crippen LogP) is 3.39. The fraction of sp³-hybridized carbons (Fsp3) is 0.429. The van der Waals surface area contributed by atoms with Crippen LogP contribution in [0.15, 0.2) is 30.3 Å². The van der Waals surface area contributed by atoms with Gasteiger partial charge in [-0.05, 0) is 68.1 Å². The molecule has 2 aliphatic heterocycles. The molecule has 126 valence electrons. The molecule has 0 bridgehead atoms. The lowest BCUT2D eigenvalue weighted by molar-refractivity contribution is 0.306. The van der Waals surface area contributed by atoms with E-state index in [1.54, 1.807) is 0 Å². The maximum Gasteiger partial charge on any atom is 0.143 e. The number of nitrogens with one attached hydrogen (secondary N) is 1. The second-order valence-electron chi connectivity index (χ2n) is 7.00. The zero-order chi connectivity index (χ0) is 16.5. The van der Waals surface area contributed by atoms with Crippen LogP contribution in [0.5, 0.6) is 5.75 Å². The zero-order valence-electron chi connectivity index (χ0n) is 14.7. The molecule has 24 heavy (non-hydrogen) atoms. The number of hydrogen-bond acceptors (Lipinski definition) is 3. The molecule has 2 aromatic carbocycles. The van der Waals surface area contributed by atoms with Crippen molar-refractivity contribution < 1.29 is 4.74 Å². The van der Waals surface area contributed by atoms with E-state index in [0.717, 1.165) is 51.4 Å². The minimum Gasteiger partial charge on any atom is -0.490 e.